The molecule has 2 aromatic rings. The van der Waals surface area contributed by atoms with E-state index in [1.165, 1.54) is 6.92 Å². The highest BCUT2D eigenvalue weighted by atomic mass is 35.5. The van der Waals surface area contributed by atoms with Crippen molar-refractivity contribution in [2.45, 2.75) is 28.8 Å². The SMILES string of the molecule is Cc1cc2nc(C(F)(F)F)n(SC(F)(Cl)Cl)c2cc1OC(F)(F)C(F)Cl. The van der Waals surface area contributed by atoms with E-state index >= 15 is 0 Å². The number of imidazole rings is 1. The summed E-state index contributed by atoms with van der Waals surface area (Å²) in [5, 5.41) is 0. The number of alkyl halides is 10. The van der Waals surface area contributed by atoms with E-state index in [0.29, 0.717) is 6.07 Å². The fraction of sp³-hybridized carbons (Fsp3) is 0.417. The molecule has 0 radical (unpaired) electrons. The smallest absolute Gasteiger partial charge is 0.429 e. The second-order valence-corrected chi connectivity index (χ2v) is 8.01. The van der Waals surface area contributed by atoms with Gasteiger partial charge in [0.2, 0.25) is 5.82 Å². The summed E-state index contributed by atoms with van der Waals surface area (Å²) < 4.78 is 93.3. The van der Waals surface area contributed by atoms with Gasteiger partial charge in [-0.15, -0.1) is 0 Å². The van der Waals surface area contributed by atoms with Crippen molar-refractivity contribution in [3.63, 3.8) is 0 Å². The second kappa shape index (κ2) is 6.99. The lowest BCUT2D eigenvalue weighted by atomic mass is 10.2. The lowest BCUT2D eigenvalue weighted by Gasteiger charge is -2.19. The minimum atomic E-state index is -5.04. The van der Waals surface area contributed by atoms with Crippen molar-refractivity contribution in [1.29, 1.82) is 0 Å². The summed E-state index contributed by atoms with van der Waals surface area (Å²) in [7, 11) is 0. The molecule has 26 heavy (non-hydrogen) atoms. The number of ether oxygens (including phenoxy) is 1. The normalized spacial score (nSPS) is 14.7. The fourth-order valence-electron chi connectivity index (χ4n) is 1.86. The Hall–Kier alpha value is -0.780. The summed E-state index contributed by atoms with van der Waals surface area (Å²) in [4.78, 5) is 3.29. The van der Waals surface area contributed by atoms with E-state index in [2.05, 4.69) is 21.3 Å². The molecule has 1 aromatic heterocycles. The van der Waals surface area contributed by atoms with Crippen molar-refractivity contribution in [2.75, 3.05) is 0 Å². The highest BCUT2D eigenvalue weighted by Crippen LogP contribution is 2.44. The van der Waals surface area contributed by atoms with Crippen molar-refractivity contribution < 1.29 is 35.5 Å². The highest BCUT2D eigenvalue weighted by Gasteiger charge is 2.43. The van der Waals surface area contributed by atoms with Gasteiger partial charge in [-0.25, -0.2) is 9.37 Å². The molecule has 0 aliphatic carbocycles. The molecular formula is C12H6Cl3F7N2OS. The fourth-order valence-corrected chi connectivity index (χ4v) is 3.00. The van der Waals surface area contributed by atoms with E-state index in [1.807, 2.05) is 0 Å². The number of halogens is 10. The summed E-state index contributed by atoms with van der Waals surface area (Å²) in [5.41, 5.74) is -4.14. The molecular weight excluding hydrogens is 460 g/mol. The molecule has 0 amide bonds. The Morgan fingerprint density at radius 1 is 1.15 bits per heavy atom. The van der Waals surface area contributed by atoms with Gasteiger partial charge in [-0.1, -0.05) is 34.8 Å². The molecule has 0 saturated heterocycles. The third-order valence-electron chi connectivity index (χ3n) is 2.86. The molecule has 3 nitrogen and oxygen atoms in total. The van der Waals surface area contributed by atoms with E-state index in [0.717, 1.165) is 6.07 Å². The molecule has 14 heteroatoms. The van der Waals surface area contributed by atoms with E-state index in [9.17, 15) is 30.7 Å². The maximum Gasteiger partial charge on any atom is 0.450 e. The molecule has 0 bridgehead atoms. The van der Waals surface area contributed by atoms with Gasteiger partial charge in [-0.2, -0.15) is 26.3 Å². The van der Waals surface area contributed by atoms with Gasteiger partial charge in [0.05, 0.1) is 11.0 Å². The molecule has 0 aliphatic heterocycles. The van der Waals surface area contributed by atoms with Crippen LogP contribution in [-0.4, -0.2) is 24.6 Å². The average Bonchev–Trinajstić information content (AvgIpc) is 2.75. The first-order chi connectivity index (χ1) is 11.6. The van der Waals surface area contributed by atoms with E-state index in [4.69, 9.17) is 23.2 Å². The molecule has 0 aliphatic rings. The summed E-state index contributed by atoms with van der Waals surface area (Å²) >= 11 is 14.5. The Bertz CT molecular complexity index is 820. The molecule has 0 fully saturated rings. The van der Waals surface area contributed by atoms with Crippen LogP contribution in [0.15, 0.2) is 12.1 Å². The summed E-state index contributed by atoms with van der Waals surface area (Å²) in [5.74, 6) is -2.29. The first kappa shape index (κ1) is 21.5. The van der Waals surface area contributed by atoms with Crippen LogP contribution in [0.1, 0.15) is 11.4 Å². The number of hydrogen-bond donors (Lipinski definition) is 0. The van der Waals surface area contributed by atoms with Crippen LogP contribution in [0, 0.1) is 6.92 Å². The molecule has 146 valence electrons. The molecule has 0 spiro atoms. The standard InChI is InChI=1S/C12H6Cl3F7N2OS/c1-4-2-5-6(3-7(4)25-11(20,21)8(13)16)24(26-12(14,15)22)9(23-5)10(17,18)19/h2-3,8H,1H3. The zero-order valence-corrected chi connectivity index (χ0v) is 15.3. The molecule has 1 unspecified atom stereocenters. The summed E-state index contributed by atoms with van der Waals surface area (Å²) in [6, 6.07) is 1.64. The molecule has 1 aromatic carbocycles. The quantitative estimate of drug-likeness (QED) is 0.376. The predicted octanol–water partition coefficient (Wildman–Crippen LogP) is 6.42. The van der Waals surface area contributed by atoms with Crippen LogP contribution in [-0.2, 0) is 6.18 Å². The van der Waals surface area contributed by atoms with Crippen molar-refractivity contribution >= 4 is 57.8 Å². The number of aromatic nitrogens is 2. The largest absolute Gasteiger partial charge is 0.450 e. The summed E-state index contributed by atoms with van der Waals surface area (Å²) in [6.45, 7) is 1.20. The Labute approximate surface area is 160 Å². The molecule has 1 heterocycles. The maximum atomic E-state index is 13.5. The number of nitrogens with zero attached hydrogens (tertiary/aromatic N) is 2. The van der Waals surface area contributed by atoms with Crippen LogP contribution in [0.5, 0.6) is 5.75 Å². The van der Waals surface area contributed by atoms with Gasteiger partial charge in [0.25, 0.3) is 5.63 Å². The first-order valence-corrected chi connectivity index (χ1v) is 8.30. The third-order valence-corrected chi connectivity index (χ3v) is 4.29. The van der Waals surface area contributed by atoms with Gasteiger partial charge < -0.3 is 4.74 Å². The van der Waals surface area contributed by atoms with Crippen LogP contribution >= 0.6 is 46.8 Å². The number of fused-ring (bicyclic) bond motifs is 1. The van der Waals surface area contributed by atoms with Gasteiger partial charge in [0.15, 0.2) is 0 Å². The molecule has 0 N–H and O–H groups in total. The minimum Gasteiger partial charge on any atom is -0.429 e. The Morgan fingerprint density at radius 2 is 1.73 bits per heavy atom. The van der Waals surface area contributed by atoms with Crippen LogP contribution < -0.4 is 4.74 Å². The number of benzene rings is 1. The van der Waals surface area contributed by atoms with Gasteiger partial charge >= 0.3 is 16.2 Å². The first-order valence-electron chi connectivity index (χ1n) is 6.33. The Morgan fingerprint density at radius 3 is 2.19 bits per heavy atom. The van der Waals surface area contributed by atoms with Gasteiger partial charge in [-0.05, 0) is 18.6 Å². The van der Waals surface area contributed by atoms with Gasteiger partial charge in [0.1, 0.15) is 5.75 Å². The minimum absolute atomic E-state index is 0.0962. The number of hydrogen-bond acceptors (Lipinski definition) is 3. The van der Waals surface area contributed by atoms with Crippen LogP contribution in [0.4, 0.5) is 30.7 Å². The second-order valence-electron chi connectivity index (χ2n) is 4.84. The zero-order chi connectivity index (χ0) is 20.1. The van der Waals surface area contributed by atoms with Crippen molar-refractivity contribution in [3.05, 3.63) is 23.5 Å². The van der Waals surface area contributed by atoms with E-state index < -0.39 is 38.9 Å². The average molecular weight is 466 g/mol. The van der Waals surface area contributed by atoms with Gasteiger partial charge in [0, 0.05) is 18.0 Å². The number of aryl methyl sites for hydroxylation is 1. The van der Waals surface area contributed by atoms with Crippen molar-refractivity contribution in [3.8, 4) is 5.75 Å². The Kier molecular flexibility index (Phi) is 5.79. The zero-order valence-electron chi connectivity index (χ0n) is 12.2. The molecule has 0 saturated carbocycles. The molecule has 2 rings (SSSR count). The van der Waals surface area contributed by atoms with E-state index in [1.54, 1.807) is 0 Å². The van der Waals surface area contributed by atoms with Crippen molar-refractivity contribution in [1.82, 2.24) is 8.96 Å². The Balaban J connectivity index is 2.67. The van der Waals surface area contributed by atoms with Crippen LogP contribution in [0.3, 0.4) is 0 Å². The molecule has 1 atom stereocenters. The third kappa shape index (κ3) is 4.73. The lowest BCUT2D eigenvalue weighted by molar-refractivity contribution is -0.199. The van der Waals surface area contributed by atoms with Crippen molar-refractivity contribution in [2.24, 2.45) is 0 Å². The van der Waals surface area contributed by atoms with E-state index in [-0.39, 0.29) is 27.0 Å². The summed E-state index contributed by atoms with van der Waals surface area (Å²) in [6.07, 6.45) is -9.50. The monoisotopic (exact) mass is 464 g/mol. The lowest BCUT2D eigenvalue weighted by Crippen LogP contribution is -2.33. The predicted molar refractivity (Wildman–Crippen MR) is 84.3 cm³/mol. The topological polar surface area (TPSA) is 27.1 Å². The van der Waals surface area contributed by atoms with Crippen LogP contribution in [0.25, 0.3) is 11.0 Å². The van der Waals surface area contributed by atoms with Crippen LogP contribution in [0.2, 0.25) is 0 Å². The number of rotatable bonds is 5. The highest BCUT2D eigenvalue weighted by molar-refractivity contribution is 8.01. The maximum absolute atomic E-state index is 13.5. The van der Waals surface area contributed by atoms with Gasteiger partial charge in [-0.3, -0.25) is 3.97 Å².